The summed E-state index contributed by atoms with van der Waals surface area (Å²) in [4.78, 5) is 12.1. The molecular formula is C17H26O2. The van der Waals surface area contributed by atoms with Crippen molar-refractivity contribution in [1.82, 2.24) is 0 Å². The first kappa shape index (κ1) is 15.7. The van der Waals surface area contributed by atoms with Crippen molar-refractivity contribution in [3.8, 4) is 5.75 Å². The average molecular weight is 262 g/mol. The van der Waals surface area contributed by atoms with E-state index in [1.165, 1.54) is 0 Å². The molecule has 0 amide bonds. The molecule has 19 heavy (non-hydrogen) atoms. The van der Waals surface area contributed by atoms with E-state index in [1.807, 2.05) is 13.8 Å². The largest absolute Gasteiger partial charge is 0.507 e. The van der Waals surface area contributed by atoms with Gasteiger partial charge in [-0.25, -0.2) is 0 Å². The van der Waals surface area contributed by atoms with E-state index in [0.29, 0.717) is 17.9 Å². The van der Waals surface area contributed by atoms with Gasteiger partial charge in [-0.1, -0.05) is 47.6 Å². The molecule has 0 bridgehead atoms. The van der Waals surface area contributed by atoms with Crippen LogP contribution in [0.3, 0.4) is 0 Å². The predicted molar refractivity (Wildman–Crippen MR) is 80.3 cm³/mol. The Hall–Kier alpha value is -1.31. The van der Waals surface area contributed by atoms with Gasteiger partial charge in [0.2, 0.25) is 0 Å². The Bertz CT molecular complexity index is 491. The van der Waals surface area contributed by atoms with Crippen molar-refractivity contribution in [3.05, 3.63) is 28.3 Å². The Morgan fingerprint density at radius 3 is 2.21 bits per heavy atom. The second-order valence-corrected chi connectivity index (χ2v) is 6.54. The second-order valence-electron chi connectivity index (χ2n) is 6.54. The van der Waals surface area contributed by atoms with E-state index in [-0.39, 0.29) is 16.9 Å². The number of phenols is 1. The molecule has 0 unspecified atom stereocenters. The van der Waals surface area contributed by atoms with Gasteiger partial charge in [-0.15, -0.1) is 0 Å². The topological polar surface area (TPSA) is 37.3 Å². The molecule has 0 aromatic heterocycles. The van der Waals surface area contributed by atoms with Crippen LogP contribution in [0.1, 0.15) is 80.9 Å². The number of phenolic OH excluding ortho intramolecular Hbond substituents is 1. The molecule has 1 N–H and O–H groups in total. The molecule has 106 valence electrons. The summed E-state index contributed by atoms with van der Waals surface area (Å²) in [5.41, 5.74) is 3.27. The van der Waals surface area contributed by atoms with Crippen molar-refractivity contribution in [1.29, 1.82) is 0 Å². The lowest BCUT2D eigenvalue weighted by Gasteiger charge is -2.25. The van der Waals surface area contributed by atoms with Crippen molar-refractivity contribution in [2.75, 3.05) is 0 Å². The predicted octanol–water partition coefficient (Wildman–Crippen LogP) is 4.71. The third kappa shape index (κ3) is 2.99. The van der Waals surface area contributed by atoms with Gasteiger partial charge in [0.15, 0.2) is 5.78 Å². The molecule has 0 aliphatic rings. The number of aromatic hydroxyl groups is 1. The van der Waals surface area contributed by atoms with Gasteiger partial charge in [-0.2, -0.15) is 0 Å². The number of carbonyl (C=O) groups excluding carboxylic acids is 1. The van der Waals surface area contributed by atoms with Gasteiger partial charge in [0.25, 0.3) is 0 Å². The van der Waals surface area contributed by atoms with Crippen molar-refractivity contribution < 1.29 is 9.90 Å². The Kier molecular flexibility index (Phi) is 4.44. The van der Waals surface area contributed by atoms with Gasteiger partial charge in [0.1, 0.15) is 5.75 Å². The molecule has 1 rings (SSSR count). The molecular weight excluding hydrogens is 236 g/mol. The van der Waals surface area contributed by atoms with Crippen LogP contribution in [-0.4, -0.2) is 10.9 Å². The number of rotatable bonds is 3. The number of benzene rings is 1. The van der Waals surface area contributed by atoms with Crippen LogP contribution >= 0.6 is 0 Å². The molecule has 0 radical (unpaired) electrons. The Morgan fingerprint density at radius 2 is 1.84 bits per heavy atom. The van der Waals surface area contributed by atoms with E-state index in [2.05, 4.69) is 40.7 Å². The van der Waals surface area contributed by atoms with Crippen LogP contribution in [0.4, 0.5) is 0 Å². The summed E-state index contributed by atoms with van der Waals surface area (Å²) in [6, 6.07) is 2.06. The lowest BCUT2D eigenvalue weighted by Crippen LogP contribution is -2.16. The highest BCUT2D eigenvalue weighted by Gasteiger charge is 2.26. The van der Waals surface area contributed by atoms with Crippen molar-refractivity contribution in [2.24, 2.45) is 0 Å². The van der Waals surface area contributed by atoms with E-state index >= 15 is 0 Å². The SMILES string of the molecule is CCC(=O)c1c(C)c(C(C)C)cc(C(C)(C)C)c1O. The first-order valence-corrected chi connectivity index (χ1v) is 7.01. The zero-order valence-corrected chi connectivity index (χ0v) is 13.2. The van der Waals surface area contributed by atoms with Crippen LogP contribution in [0.2, 0.25) is 0 Å². The summed E-state index contributed by atoms with van der Waals surface area (Å²) in [5.74, 6) is 0.523. The van der Waals surface area contributed by atoms with Crippen LogP contribution in [0.15, 0.2) is 6.07 Å². The molecule has 1 aromatic carbocycles. The molecule has 0 spiro atoms. The molecule has 0 heterocycles. The minimum absolute atomic E-state index is 0.0167. The fourth-order valence-electron chi connectivity index (χ4n) is 2.48. The highest BCUT2D eigenvalue weighted by atomic mass is 16.3. The summed E-state index contributed by atoms with van der Waals surface area (Å²) in [5, 5.41) is 10.5. The third-order valence-corrected chi connectivity index (χ3v) is 3.63. The number of Topliss-reactive ketones (excluding diaryl/α,β-unsaturated/α-hetero) is 1. The molecule has 0 atom stereocenters. The smallest absolute Gasteiger partial charge is 0.166 e. The van der Waals surface area contributed by atoms with Crippen LogP contribution < -0.4 is 0 Å². The van der Waals surface area contributed by atoms with Crippen molar-refractivity contribution in [2.45, 2.75) is 66.2 Å². The number of ketones is 1. The van der Waals surface area contributed by atoms with Gasteiger partial charge >= 0.3 is 0 Å². The molecule has 0 aliphatic heterocycles. The van der Waals surface area contributed by atoms with E-state index in [0.717, 1.165) is 16.7 Å². The Morgan fingerprint density at radius 1 is 1.32 bits per heavy atom. The monoisotopic (exact) mass is 262 g/mol. The highest BCUT2D eigenvalue weighted by Crippen LogP contribution is 2.39. The average Bonchev–Trinajstić information content (AvgIpc) is 2.26. The minimum atomic E-state index is -0.176. The molecule has 0 saturated heterocycles. The maximum atomic E-state index is 12.1. The van der Waals surface area contributed by atoms with Crippen LogP contribution in [-0.2, 0) is 5.41 Å². The molecule has 0 aliphatic carbocycles. The van der Waals surface area contributed by atoms with Gasteiger partial charge in [-0.05, 0) is 29.4 Å². The Labute approximate surface area is 116 Å². The minimum Gasteiger partial charge on any atom is -0.507 e. The number of hydrogen-bond acceptors (Lipinski definition) is 2. The maximum Gasteiger partial charge on any atom is 0.166 e. The summed E-state index contributed by atoms with van der Waals surface area (Å²) in [6.45, 7) is 14.2. The first-order valence-electron chi connectivity index (χ1n) is 7.01. The summed E-state index contributed by atoms with van der Waals surface area (Å²) < 4.78 is 0. The molecule has 1 aromatic rings. The molecule has 2 heteroatoms. The van der Waals surface area contributed by atoms with Crippen LogP contribution in [0, 0.1) is 6.92 Å². The number of carbonyl (C=O) groups is 1. The van der Waals surface area contributed by atoms with Crippen molar-refractivity contribution >= 4 is 5.78 Å². The normalized spacial score (nSPS) is 12.0. The zero-order valence-electron chi connectivity index (χ0n) is 13.2. The zero-order chi connectivity index (χ0) is 15.0. The van der Waals surface area contributed by atoms with Gasteiger partial charge in [0.05, 0.1) is 5.56 Å². The number of hydrogen-bond donors (Lipinski definition) is 1. The van der Waals surface area contributed by atoms with E-state index in [4.69, 9.17) is 0 Å². The van der Waals surface area contributed by atoms with Gasteiger partial charge in [-0.3, -0.25) is 4.79 Å². The van der Waals surface area contributed by atoms with E-state index in [9.17, 15) is 9.90 Å². The van der Waals surface area contributed by atoms with Crippen molar-refractivity contribution in [3.63, 3.8) is 0 Å². The van der Waals surface area contributed by atoms with E-state index in [1.54, 1.807) is 0 Å². The van der Waals surface area contributed by atoms with Crippen LogP contribution in [0.25, 0.3) is 0 Å². The lowest BCUT2D eigenvalue weighted by molar-refractivity contribution is 0.0984. The second kappa shape index (κ2) is 5.36. The van der Waals surface area contributed by atoms with E-state index < -0.39 is 0 Å². The quantitative estimate of drug-likeness (QED) is 0.801. The van der Waals surface area contributed by atoms with Gasteiger partial charge < -0.3 is 5.11 Å². The fourth-order valence-corrected chi connectivity index (χ4v) is 2.48. The maximum absolute atomic E-state index is 12.1. The third-order valence-electron chi connectivity index (χ3n) is 3.63. The first-order chi connectivity index (χ1) is 8.61. The summed E-state index contributed by atoms with van der Waals surface area (Å²) >= 11 is 0. The standard InChI is InChI=1S/C17H26O2/c1-8-14(18)15-11(4)12(10(2)3)9-13(16(15)19)17(5,6)7/h9-10,19H,8H2,1-7H3. The highest BCUT2D eigenvalue weighted by molar-refractivity contribution is 6.00. The summed E-state index contributed by atoms with van der Waals surface area (Å²) in [6.07, 6.45) is 0.416. The lowest BCUT2D eigenvalue weighted by atomic mass is 9.80. The molecule has 2 nitrogen and oxygen atoms in total. The fraction of sp³-hybridized carbons (Fsp3) is 0.588. The summed E-state index contributed by atoms with van der Waals surface area (Å²) in [7, 11) is 0. The molecule has 0 fully saturated rings. The molecule has 0 saturated carbocycles. The van der Waals surface area contributed by atoms with Gasteiger partial charge in [0, 0.05) is 12.0 Å². The van der Waals surface area contributed by atoms with Crippen LogP contribution in [0.5, 0.6) is 5.75 Å². The Balaban J connectivity index is 3.71.